The van der Waals surface area contributed by atoms with E-state index < -0.39 is 10.0 Å². The molecule has 0 amide bonds. The van der Waals surface area contributed by atoms with Gasteiger partial charge in [0.1, 0.15) is 0 Å². The normalized spacial score (nSPS) is 13.3. The van der Waals surface area contributed by atoms with Gasteiger partial charge in [0.15, 0.2) is 0 Å². The highest BCUT2D eigenvalue weighted by Crippen LogP contribution is 2.27. The number of benzene rings is 1. The first-order valence-electron chi connectivity index (χ1n) is 5.68. The second-order valence-corrected chi connectivity index (χ2v) is 6.47. The Morgan fingerprint density at radius 2 is 2.06 bits per heavy atom. The lowest BCUT2D eigenvalue weighted by Gasteiger charge is -2.13. The van der Waals surface area contributed by atoms with Crippen LogP contribution in [0, 0.1) is 0 Å². The van der Waals surface area contributed by atoms with Crippen LogP contribution in [0.25, 0.3) is 0 Å². The van der Waals surface area contributed by atoms with Crippen molar-refractivity contribution in [2.24, 2.45) is 0 Å². The molecule has 1 aromatic rings. The van der Waals surface area contributed by atoms with Crippen molar-refractivity contribution in [2.75, 3.05) is 24.2 Å². The Labute approximate surface area is 113 Å². The first-order valence-corrected chi connectivity index (χ1v) is 7.77. The van der Waals surface area contributed by atoms with Crippen LogP contribution in [-0.4, -0.2) is 27.9 Å². The summed E-state index contributed by atoms with van der Waals surface area (Å²) in [5.41, 5.74) is 1.31. The van der Waals surface area contributed by atoms with E-state index in [2.05, 4.69) is 4.72 Å². The highest BCUT2D eigenvalue weighted by molar-refractivity contribution is 7.92. The Hall–Kier alpha value is -0.780. The third kappa shape index (κ3) is 4.84. The summed E-state index contributed by atoms with van der Waals surface area (Å²) >= 11 is 6.01. The van der Waals surface area contributed by atoms with Gasteiger partial charge in [0.2, 0.25) is 10.0 Å². The van der Waals surface area contributed by atoms with E-state index in [1.54, 1.807) is 26.2 Å². The summed E-state index contributed by atoms with van der Waals surface area (Å²) in [6.45, 7) is 2.23. The molecule has 0 aromatic heterocycles. The molecule has 1 rings (SSSR count). The number of para-hydroxylation sites is 1. The molecule has 0 spiro atoms. The minimum absolute atomic E-state index is 0.0336. The molecule has 0 heterocycles. The first kappa shape index (κ1) is 15.3. The number of hydrogen-bond acceptors (Lipinski definition) is 3. The van der Waals surface area contributed by atoms with Crippen LogP contribution in [0.15, 0.2) is 24.3 Å². The minimum Gasteiger partial charge on any atom is -0.385 e. The van der Waals surface area contributed by atoms with E-state index in [9.17, 15) is 8.42 Å². The van der Waals surface area contributed by atoms with Crippen molar-refractivity contribution < 1.29 is 13.2 Å². The molecule has 4 nitrogen and oxygen atoms in total. The molecule has 0 bridgehead atoms. The molecule has 1 N–H and O–H groups in total. The highest BCUT2D eigenvalue weighted by Gasteiger charge is 2.14. The van der Waals surface area contributed by atoms with Gasteiger partial charge in [-0.15, -0.1) is 11.6 Å². The molecule has 0 aliphatic heterocycles. The van der Waals surface area contributed by atoms with Crippen molar-refractivity contribution in [3.8, 4) is 0 Å². The summed E-state index contributed by atoms with van der Waals surface area (Å²) in [5, 5.41) is -0.247. The number of halogens is 1. The van der Waals surface area contributed by atoms with Gasteiger partial charge in [-0.1, -0.05) is 18.2 Å². The van der Waals surface area contributed by atoms with E-state index in [1.807, 2.05) is 12.1 Å². The van der Waals surface area contributed by atoms with Crippen LogP contribution in [0.1, 0.15) is 24.3 Å². The van der Waals surface area contributed by atoms with Gasteiger partial charge in [0, 0.05) is 13.7 Å². The van der Waals surface area contributed by atoms with Gasteiger partial charge in [-0.3, -0.25) is 4.72 Å². The van der Waals surface area contributed by atoms with Gasteiger partial charge >= 0.3 is 0 Å². The zero-order chi connectivity index (χ0) is 13.6. The summed E-state index contributed by atoms with van der Waals surface area (Å²) in [5.74, 6) is 0.0336. The Kier molecular flexibility index (Phi) is 5.91. The molecule has 0 fully saturated rings. The minimum atomic E-state index is -3.35. The average molecular weight is 292 g/mol. The van der Waals surface area contributed by atoms with Crippen LogP contribution in [0.5, 0.6) is 0 Å². The molecule has 0 radical (unpaired) electrons. The molecule has 1 atom stereocenters. The fourth-order valence-corrected chi connectivity index (χ4v) is 2.86. The Bertz CT molecular complexity index is 474. The number of ether oxygens (including phenoxy) is 1. The van der Waals surface area contributed by atoms with E-state index in [-0.39, 0.29) is 11.1 Å². The van der Waals surface area contributed by atoms with E-state index in [1.165, 1.54) is 0 Å². The topological polar surface area (TPSA) is 55.4 Å². The Morgan fingerprint density at radius 1 is 1.39 bits per heavy atom. The smallest absolute Gasteiger partial charge is 0.232 e. The SMILES string of the molecule is COCCCS(=O)(=O)Nc1ccccc1C(C)Cl. The van der Waals surface area contributed by atoms with Crippen LogP contribution in [0.3, 0.4) is 0 Å². The van der Waals surface area contributed by atoms with Crippen LogP contribution in [-0.2, 0) is 14.8 Å². The van der Waals surface area contributed by atoms with Crippen molar-refractivity contribution in [1.29, 1.82) is 0 Å². The highest BCUT2D eigenvalue weighted by atomic mass is 35.5. The number of alkyl halides is 1. The molecule has 1 aromatic carbocycles. The van der Waals surface area contributed by atoms with Gasteiger partial charge in [0.25, 0.3) is 0 Å². The maximum Gasteiger partial charge on any atom is 0.232 e. The lowest BCUT2D eigenvalue weighted by Crippen LogP contribution is -2.18. The number of hydrogen-bond donors (Lipinski definition) is 1. The zero-order valence-corrected chi connectivity index (χ0v) is 12.1. The van der Waals surface area contributed by atoms with Crippen molar-refractivity contribution in [1.82, 2.24) is 0 Å². The second kappa shape index (κ2) is 6.97. The predicted octanol–water partition coefficient (Wildman–Crippen LogP) is 2.76. The lowest BCUT2D eigenvalue weighted by molar-refractivity contribution is 0.199. The van der Waals surface area contributed by atoms with E-state index in [0.29, 0.717) is 18.7 Å². The summed E-state index contributed by atoms with van der Waals surface area (Å²) in [6.07, 6.45) is 0.463. The summed E-state index contributed by atoms with van der Waals surface area (Å²) < 4.78 is 31.1. The van der Waals surface area contributed by atoms with Crippen LogP contribution in [0.4, 0.5) is 5.69 Å². The van der Waals surface area contributed by atoms with E-state index in [0.717, 1.165) is 5.56 Å². The van der Waals surface area contributed by atoms with Gasteiger partial charge in [0.05, 0.1) is 16.8 Å². The number of anilines is 1. The first-order chi connectivity index (χ1) is 8.46. The lowest BCUT2D eigenvalue weighted by atomic mass is 10.1. The molecule has 6 heteroatoms. The molecule has 102 valence electrons. The summed E-state index contributed by atoms with van der Waals surface area (Å²) in [6, 6.07) is 7.12. The Morgan fingerprint density at radius 3 is 2.67 bits per heavy atom. The van der Waals surface area contributed by atoms with Crippen molar-refractivity contribution in [2.45, 2.75) is 18.7 Å². The monoisotopic (exact) mass is 291 g/mol. The third-order valence-corrected chi connectivity index (χ3v) is 4.01. The van der Waals surface area contributed by atoms with Crippen LogP contribution < -0.4 is 4.72 Å². The second-order valence-electron chi connectivity index (χ2n) is 3.97. The van der Waals surface area contributed by atoms with Gasteiger partial charge in [-0.05, 0) is 25.0 Å². The largest absolute Gasteiger partial charge is 0.385 e. The van der Waals surface area contributed by atoms with Crippen molar-refractivity contribution in [3.63, 3.8) is 0 Å². The predicted molar refractivity (Wildman–Crippen MR) is 74.6 cm³/mol. The van der Waals surface area contributed by atoms with Crippen LogP contribution in [0.2, 0.25) is 0 Å². The number of rotatable bonds is 7. The number of nitrogens with one attached hydrogen (secondary N) is 1. The molecule has 1 unspecified atom stereocenters. The zero-order valence-electron chi connectivity index (χ0n) is 10.5. The Balaban J connectivity index is 2.78. The average Bonchev–Trinajstić information content (AvgIpc) is 2.29. The molecule has 0 saturated heterocycles. The third-order valence-electron chi connectivity index (χ3n) is 2.42. The molecular weight excluding hydrogens is 274 g/mol. The molecule has 18 heavy (non-hydrogen) atoms. The standard InChI is InChI=1S/C12H18ClNO3S/c1-10(13)11-6-3-4-7-12(11)14-18(15,16)9-5-8-17-2/h3-4,6-7,10,14H,5,8-9H2,1-2H3. The fourth-order valence-electron chi connectivity index (χ4n) is 1.55. The van der Waals surface area contributed by atoms with E-state index in [4.69, 9.17) is 16.3 Å². The van der Waals surface area contributed by atoms with Gasteiger partial charge in [-0.25, -0.2) is 8.42 Å². The maximum absolute atomic E-state index is 11.8. The summed E-state index contributed by atoms with van der Waals surface area (Å²) in [4.78, 5) is 0. The molecule has 0 saturated carbocycles. The fraction of sp³-hybridized carbons (Fsp3) is 0.500. The van der Waals surface area contributed by atoms with Gasteiger partial charge in [-0.2, -0.15) is 0 Å². The van der Waals surface area contributed by atoms with Crippen molar-refractivity contribution in [3.05, 3.63) is 29.8 Å². The maximum atomic E-state index is 11.8. The number of sulfonamides is 1. The van der Waals surface area contributed by atoms with E-state index >= 15 is 0 Å². The molecular formula is C12H18ClNO3S. The van der Waals surface area contributed by atoms with Crippen LogP contribution >= 0.6 is 11.6 Å². The summed E-state index contributed by atoms with van der Waals surface area (Å²) in [7, 11) is -1.81. The number of methoxy groups -OCH3 is 1. The van der Waals surface area contributed by atoms with Gasteiger partial charge < -0.3 is 4.74 Å². The quantitative estimate of drug-likeness (QED) is 0.621. The molecule has 0 aliphatic rings. The molecule has 0 aliphatic carbocycles. The van der Waals surface area contributed by atoms with Crippen molar-refractivity contribution >= 4 is 27.3 Å².